The Morgan fingerprint density at radius 3 is 2.70 bits per heavy atom. The highest BCUT2D eigenvalue weighted by atomic mass is 16.5. The maximum Gasteiger partial charge on any atom is 0.226 e. The molecule has 1 aliphatic heterocycles. The molecule has 33 heavy (non-hydrogen) atoms. The van der Waals surface area contributed by atoms with E-state index in [-0.39, 0.29) is 12.3 Å². The molecule has 6 nitrogen and oxygen atoms in total. The number of morpholine rings is 1. The topological polar surface area (TPSA) is 78.2 Å². The molecule has 0 aliphatic carbocycles. The number of amides is 1. The zero-order valence-corrected chi connectivity index (χ0v) is 19.0. The van der Waals surface area contributed by atoms with Crippen LogP contribution in [0.3, 0.4) is 0 Å². The monoisotopic (exact) mass is 440 g/mol. The van der Waals surface area contributed by atoms with E-state index in [0.717, 1.165) is 42.1 Å². The van der Waals surface area contributed by atoms with Gasteiger partial charge in [-0.05, 0) is 60.9 Å². The van der Waals surface area contributed by atoms with Crippen LogP contribution in [0.5, 0.6) is 0 Å². The van der Waals surface area contributed by atoms with E-state index in [9.17, 15) is 4.79 Å². The third-order valence-corrected chi connectivity index (χ3v) is 5.96. The molecule has 6 heteroatoms. The molecule has 4 rings (SSSR count). The summed E-state index contributed by atoms with van der Waals surface area (Å²) >= 11 is 0. The number of nitrogens with one attached hydrogen (secondary N) is 1. The predicted molar refractivity (Wildman–Crippen MR) is 129 cm³/mol. The Hall–Kier alpha value is -3.69. The van der Waals surface area contributed by atoms with Crippen molar-refractivity contribution in [3.8, 4) is 17.2 Å². The van der Waals surface area contributed by atoms with Crippen molar-refractivity contribution >= 4 is 11.6 Å². The maximum atomic E-state index is 12.3. The number of benzene rings is 2. The van der Waals surface area contributed by atoms with Gasteiger partial charge in [-0.1, -0.05) is 24.3 Å². The molecule has 1 amide bonds. The zero-order valence-electron chi connectivity index (χ0n) is 19.0. The van der Waals surface area contributed by atoms with Gasteiger partial charge in [0.2, 0.25) is 5.91 Å². The predicted octanol–water partition coefficient (Wildman–Crippen LogP) is 4.01. The van der Waals surface area contributed by atoms with Crippen molar-refractivity contribution in [3.05, 3.63) is 83.2 Å². The Kier molecular flexibility index (Phi) is 7.01. The van der Waals surface area contributed by atoms with E-state index in [2.05, 4.69) is 53.3 Å². The van der Waals surface area contributed by atoms with Gasteiger partial charge in [-0.15, -0.1) is 0 Å². The summed E-state index contributed by atoms with van der Waals surface area (Å²) in [5.41, 5.74) is 6.88. The average molecular weight is 441 g/mol. The summed E-state index contributed by atoms with van der Waals surface area (Å²) in [5, 5.41) is 11.8. The highest BCUT2D eigenvalue weighted by Gasteiger charge is 2.19. The number of nitriles is 1. The van der Waals surface area contributed by atoms with Crippen LogP contribution in [-0.2, 0) is 22.5 Å². The Labute approximate surface area is 194 Å². The third kappa shape index (κ3) is 5.57. The number of carbonyl (C=O) groups is 1. The molecule has 1 aliphatic rings. The molecule has 1 saturated heterocycles. The lowest BCUT2D eigenvalue weighted by molar-refractivity contribution is -0.120. The van der Waals surface area contributed by atoms with Gasteiger partial charge in [0.25, 0.3) is 0 Å². The standard InChI is InChI=1S/C27H28N4O2/c1-19-13-25(31-11-12-33-18-20(31)2)9-10-26(19)23-7-8-24(29-17-23)14-27(32)30-16-22-5-3-21(15-28)4-6-22/h3-10,13,17,20H,11-12,14,16,18H2,1-2H3,(H,30,32)/t20-/m0/s1. The quantitative estimate of drug-likeness (QED) is 0.627. The molecule has 2 aromatic carbocycles. The van der Waals surface area contributed by atoms with Crippen molar-refractivity contribution in [2.75, 3.05) is 24.7 Å². The van der Waals surface area contributed by atoms with Gasteiger partial charge >= 0.3 is 0 Å². The second kappa shape index (κ2) is 10.3. The first-order chi connectivity index (χ1) is 16.0. The van der Waals surface area contributed by atoms with E-state index >= 15 is 0 Å². The minimum absolute atomic E-state index is 0.0835. The van der Waals surface area contributed by atoms with E-state index in [1.165, 1.54) is 11.3 Å². The largest absolute Gasteiger partial charge is 0.377 e. The highest BCUT2D eigenvalue weighted by Crippen LogP contribution is 2.28. The van der Waals surface area contributed by atoms with Gasteiger partial charge in [-0.3, -0.25) is 9.78 Å². The number of hydrogen-bond donors (Lipinski definition) is 1. The average Bonchev–Trinajstić information content (AvgIpc) is 2.84. The molecule has 1 aromatic heterocycles. The van der Waals surface area contributed by atoms with Gasteiger partial charge in [-0.25, -0.2) is 0 Å². The summed E-state index contributed by atoms with van der Waals surface area (Å²) in [6, 6.07) is 20.1. The normalized spacial score (nSPS) is 15.7. The molecule has 2 heterocycles. The Bertz CT molecular complexity index is 1150. The number of aryl methyl sites for hydroxylation is 1. The minimum Gasteiger partial charge on any atom is -0.377 e. The zero-order chi connectivity index (χ0) is 23.2. The molecule has 0 radical (unpaired) electrons. The van der Waals surface area contributed by atoms with Gasteiger partial charge < -0.3 is 15.0 Å². The molecule has 0 spiro atoms. The smallest absolute Gasteiger partial charge is 0.226 e. The lowest BCUT2D eigenvalue weighted by Gasteiger charge is -2.35. The van der Waals surface area contributed by atoms with Crippen molar-refractivity contribution in [1.82, 2.24) is 10.3 Å². The van der Waals surface area contributed by atoms with Crippen LogP contribution in [-0.4, -0.2) is 36.7 Å². The van der Waals surface area contributed by atoms with Crippen molar-refractivity contribution in [3.63, 3.8) is 0 Å². The third-order valence-electron chi connectivity index (χ3n) is 5.96. The highest BCUT2D eigenvalue weighted by molar-refractivity contribution is 5.78. The Morgan fingerprint density at radius 1 is 1.21 bits per heavy atom. The number of nitrogens with zero attached hydrogens (tertiary/aromatic N) is 3. The van der Waals surface area contributed by atoms with Crippen molar-refractivity contribution in [2.45, 2.75) is 32.9 Å². The molecule has 1 atom stereocenters. The van der Waals surface area contributed by atoms with E-state index in [0.29, 0.717) is 18.2 Å². The van der Waals surface area contributed by atoms with Crippen molar-refractivity contribution in [2.24, 2.45) is 0 Å². The Morgan fingerprint density at radius 2 is 2.03 bits per heavy atom. The lowest BCUT2D eigenvalue weighted by Crippen LogP contribution is -2.43. The van der Waals surface area contributed by atoms with E-state index in [4.69, 9.17) is 10.00 Å². The van der Waals surface area contributed by atoms with E-state index in [1.807, 2.05) is 30.5 Å². The number of aromatic nitrogens is 1. The first kappa shape index (κ1) is 22.5. The van der Waals surface area contributed by atoms with Gasteiger partial charge in [0.1, 0.15) is 0 Å². The molecule has 0 saturated carbocycles. The summed E-state index contributed by atoms with van der Waals surface area (Å²) in [5.74, 6) is -0.0835. The molecule has 0 unspecified atom stereocenters. The second-order valence-electron chi connectivity index (χ2n) is 8.42. The van der Waals surface area contributed by atoms with Crippen LogP contribution < -0.4 is 10.2 Å². The fraction of sp³-hybridized carbons (Fsp3) is 0.296. The van der Waals surface area contributed by atoms with E-state index < -0.39 is 0 Å². The van der Waals surface area contributed by atoms with Crippen LogP contribution >= 0.6 is 0 Å². The number of anilines is 1. The fourth-order valence-electron chi connectivity index (χ4n) is 4.07. The number of ether oxygens (including phenoxy) is 1. The summed E-state index contributed by atoms with van der Waals surface area (Å²) in [6.07, 6.45) is 2.06. The van der Waals surface area contributed by atoms with Gasteiger partial charge in [0.05, 0.1) is 31.3 Å². The first-order valence-corrected chi connectivity index (χ1v) is 11.2. The van der Waals surface area contributed by atoms with Gasteiger partial charge in [-0.2, -0.15) is 5.26 Å². The SMILES string of the molecule is Cc1cc(N2CCOC[C@@H]2C)ccc1-c1ccc(CC(=O)NCc2ccc(C#N)cc2)nc1. The fourth-order valence-corrected chi connectivity index (χ4v) is 4.07. The first-order valence-electron chi connectivity index (χ1n) is 11.2. The van der Waals surface area contributed by atoms with E-state index in [1.54, 1.807) is 12.1 Å². The summed E-state index contributed by atoms with van der Waals surface area (Å²) < 4.78 is 5.55. The number of rotatable bonds is 6. The van der Waals surface area contributed by atoms with Gasteiger partial charge in [0, 0.05) is 42.3 Å². The van der Waals surface area contributed by atoms with Crippen LogP contribution in [0.25, 0.3) is 11.1 Å². The van der Waals surface area contributed by atoms with Crippen LogP contribution in [0.2, 0.25) is 0 Å². The maximum absolute atomic E-state index is 12.3. The number of pyridine rings is 1. The lowest BCUT2D eigenvalue weighted by atomic mass is 10.00. The van der Waals surface area contributed by atoms with Crippen molar-refractivity contribution in [1.29, 1.82) is 5.26 Å². The summed E-state index contributed by atoms with van der Waals surface area (Å²) in [6.45, 7) is 7.16. The molecule has 1 fully saturated rings. The summed E-state index contributed by atoms with van der Waals surface area (Å²) in [7, 11) is 0. The minimum atomic E-state index is -0.0835. The molecule has 3 aromatic rings. The number of carbonyl (C=O) groups excluding carboxylic acids is 1. The van der Waals surface area contributed by atoms with Crippen molar-refractivity contribution < 1.29 is 9.53 Å². The molecular weight excluding hydrogens is 412 g/mol. The number of hydrogen-bond acceptors (Lipinski definition) is 5. The molecular formula is C27H28N4O2. The second-order valence-corrected chi connectivity index (χ2v) is 8.42. The van der Waals surface area contributed by atoms with Gasteiger partial charge in [0.15, 0.2) is 0 Å². The van der Waals surface area contributed by atoms with Crippen LogP contribution in [0.15, 0.2) is 60.8 Å². The van der Waals surface area contributed by atoms with Crippen LogP contribution in [0.1, 0.15) is 29.3 Å². The Balaban J connectivity index is 1.36. The summed E-state index contributed by atoms with van der Waals surface area (Å²) in [4.78, 5) is 19.2. The molecule has 0 bridgehead atoms. The van der Waals surface area contributed by atoms with Crippen LogP contribution in [0.4, 0.5) is 5.69 Å². The molecule has 168 valence electrons. The molecule has 1 N–H and O–H groups in total. The van der Waals surface area contributed by atoms with Crippen LogP contribution in [0, 0.1) is 18.3 Å².